The third-order valence-corrected chi connectivity index (χ3v) is 3.13. The summed E-state index contributed by atoms with van der Waals surface area (Å²) in [4.78, 5) is 3.30. The second-order valence-electron chi connectivity index (χ2n) is 4.45. The zero-order valence-electron chi connectivity index (χ0n) is 9.36. The number of H-pyrrole nitrogens is 1. The lowest BCUT2D eigenvalue weighted by molar-refractivity contribution is 0.0508. The fourth-order valence-corrected chi connectivity index (χ4v) is 2.36. The third-order valence-electron chi connectivity index (χ3n) is 3.13. The number of hydrogen-bond donors (Lipinski definition) is 2. The minimum absolute atomic E-state index is 0.305. The third kappa shape index (κ3) is 1.62. The van der Waals surface area contributed by atoms with Crippen LogP contribution in [0, 0.1) is 0 Å². The normalized spacial score (nSPS) is 26.1. The van der Waals surface area contributed by atoms with Crippen LogP contribution in [0.5, 0.6) is 0 Å². The number of fused-ring (bicyclic) bond motifs is 1. The molecule has 1 saturated heterocycles. The molecule has 3 heteroatoms. The Balaban J connectivity index is 1.99. The number of aromatic amines is 1. The van der Waals surface area contributed by atoms with Crippen molar-refractivity contribution in [1.29, 1.82) is 0 Å². The Bertz CT molecular complexity index is 491. The topological polar surface area (TPSA) is 37.0 Å². The lowest BCUT2D eigenvalue weighted by Gasteiger charge is -2.28. The lowest BCUT2D eigenvalue weighted by atomic mass is 10.0. The van der Waals surface area contributed by atoms with Gasteiger partial charge in [-0.3, -0.25) is 0 Å². The summed E-state index contributed by atoms with van der Waals surface area (Å²) in [6.07, 6.45) is 2.09. The maximum Gasteiger partial charge on any atom is 0.0663 e. The molecule has 2 heterocycles. The second-order valence-corrected chi connectivity index (χ2v) is 4.45. The maximum atomic E-state index is 5.59. The molecule has 0 amide bonds. The molecule has 1 aromatic heterocycles. The molecule has 84 valence electrons. The van der Waals surface area contributed by atoms with E-state index in [2.05, 4.69) is 47.7 Å². The highest BCUT2D eigenvalue weighted by Crippen LogP contribution is 2.25. The highest BCUT2D eigenvalue weighted by atomic mass is 16.5. The molecule has 0 radical (unpaired) electrons. The van der Waals surface area contributed by atoms with E-state index in [1.54, 1.807) is 0 Å². The van der Waals surface area contributed by atoms with Gasteiger partial charge in [0.05, 0.1) is 19.3 Å². The van der Waals surface area contributed by atoms with Crippen molar-refractivity contribution >= 4 is 10.9 Å². The summed E-state index contributed by atoms with van der Waals surface area (Å²) in [6.45, 7) is 3.71. The summed E-state index contributed by atoms with van der Waals surface area (Å²) in [5.41, 5.74) is 2.50. The van der Waals surface area contributed by atoms with Crippen LogP contribution in [-0.2, 0) is 4.74 Å². The number of hydrogen-bond acceptors (Lipinski definition) is 2. The first-order valence-corrected chi connectivity index (χ1v) is 5.74. The molecule has 0 saturated carbocycles. The van der Waals surface area contributed by atoms with E-state index in [4.69, 9.17) is 4.74 Å². The molecule has 16 heavy (non-hydrogen) atoms. The van der Waals surface area contributed by atoms with Crippen LogP contribution >= 0.6 is 0 Å². The average molecular weight is 216 g/mol. The largest absolute Gasteiger partial charge is 0.378 e. The average Bonchev–Trinajstić information content (AvgIpc) is 2.72. The minimum atomic E-state index is 0.305. The summed E-state index contributed by atoms with van der Waals surface area (Å²) in [5, 5.41) is 4.86. The van der Waals surface area contributed by atoms with Gasteiger partial charge in [-0.25, -0.2) is 0 Å². The van der Waals surface area contributed by atoms with Crippen LogP contribution in [0.3, 0.4) is 0 Å². The molecule has 1 aromatic carbocycles. The molecule has 2 atom stereocenters. The van der Waals surface area contributed by atoms with Crippen molar-refractivity contribution in [1.82, 2.24) is 10.3 Å². The fourth-order valence-electron chi connectivity index (χ4n) is 2.36. The Morgan fingerprint density at radius 2 is 2.12 bits per heavy atom. The van der Waals surface area contributed by atoms with E-state index >= 15 is 0 Å². The smallest absolute Gasteiger partial charge is 0.0663 e. The summed E-state index contributed by atoms with van der Waals surface area (Å²) >= 11 is 0. The molecule has 0 aliphatic carbocycles. The van der Waals surface area contributed by atoms with E-state index < -0.39 is 0 Å². The number of nitrogens with one attached hydrogen (secondary N) is 2. The van der Waals surface area contributed by atoms with Crippen molar-refractivity contribution in [3.05, 3.63) is 36.0 Å². The maximum absolute atomic E-state index is 5.59. The molecular weight excluding hydrogens is 200 g/mol. The molecule has 3 rings (SSSR count). The van der Waals surface area contributed by atoms with Gasteiger partial charge in [-0.1, -0.05) is 18.2 Å². The van der Waals surface area contributed by atoms with Crippen molar-refractivity contribution < 1.29 is 4.74 Å². The van der Waals surface area contributed by atoms with Gasteiger partial charge in [-0.2, -0.15) is 0 Å². The van der Waals surface area contributed by atoms with Crippen molar-refractivity contribution in [2.75, 3.05) is 13.2 Å². The number of morpholine rings is 1. The molecule has 2 aromatic rings. The van der Waals surface area contributed by atoms with Gasteiger partial charge < -0.3 is 15.0 Å². The minimum Gasteiger partial charge on any atom is -0.378 e. The van der Waals surface area contributed by atoms with Gasteiger partial charge >= 0.3 is 0 Å². The Morgan fingerprint density at radius 3 is 3.00 bits per heavy atom. The quantitative estimate of drug-likeness (QED) is 0.767. The first kappa shape index (κ1) is 9.87. The molecule has 2 N–H and O–H groups in total. The molecular formula is C13H16N2O. The zero-order chi connectivity index (χ0) is 11.0. The van der Waals surface area contributed by atoms with Crippen molar-refractivity contribution in [2.45, 2.75) is 19.0 Å². The lowest BCUT2D eigenvalue weighted by Crippen LogP contribution is -2.41. The highest BCUT2D eigenvalue weighted by Gasteiger charge is 2.21. The van der Waals surface area contributed by atoms with E-state index in [1.807, 2.05) is 0 Å². The summed E-state index contributed by atoms with van der Waals surface area (Å²) in [5.74, 6) is 0. The summed E-state index contributed by atoms with van der Waals surface area (Å²) in [7, 11) is 0. The Morgan fingerprint density at radius 1 is 1.25 bits per heavy atom. The van der Waals surface area contributed by atoms with Crippen LogP contribution in [0.1, 0.15) is 18.5 Å². The number of aromatic nitrogens is 1. The molecule has 3 nitrogen and oxygen atoms in total. The van der Waals surface area contributed by atoms with Gasteiger partial charge in [0.25, 0.3) is 0 Å². The fraction of sp³-hybridized carbons (Fsp3) is 0.385. The van der Waals surface area contributed by atoms with Crippen LogP contribution in [0.2, 0.25) is 0 Å². The van der Waals surface area contributed by atoms with E-state index in [0.717, 1.165) is 13.2 Å². The van der Waals surface area contributed by atoms with Crippen molar-refractivity contribution in [3.8, 4) is 0 Å². The molecule has 1 aliphatic rings. The first-order valence-electron chi connectivity index (χ1n) is 5.74. The summed E-state index contributed by atoms with van der Waals surface area (Å²) in [6, 6.07) is 9.11. The van der Waals surface area contributed by atoms with Gasteiger partial charge in [-0.15, -0.1) is 0 Å². The number of benzene rings is 1. The number of para-hydroxylation sites is 1. The first-order chi connectivity index (χ1) is 7.84. The van der Waals surface area contributed by atoms with E-state index in [-0.39, 0.29) is 0 Å². The Labute approximate surface area is 94.8 Å². The van der Waals surface area contributed by atoms with Crippen molar-refractivity contribution in [3.63, 3.8) is 0 Å². The summed E-state index contributed by atoms with van der Waals surface area (Å²) < 4.78 is 5.59. The van der Waals surface area contributed by atoms with Crippen LogP contribution in [0.4, 0.5) is 0 Å². The highest BCUT2D eigenvalue weighted by molar-refractivity contribution is 5.83. The Hall–Kier alpha value is -1.32. The molecule has 1 fully saturated rings. The molecule has 1 aliphatic heterocycles. The van der Waals surface area contributed by atoms with E-state index in [1.165, 1.54) is 16.5 Å². The van der Waals surface area contributed by atoms with Gasteiger partial charge in [0.15, 0.2) is 0 Å². The standard InChI is InChI=1S/C13H16N2O/c1-9-7-16-8-13(15-9)11-6-14-12-5-3-2-4-10(11)12/h2-6,9,13-15H,7-8H2,1H3. The SMILES string of the molecule is CC1COCC(c2c[nH]c3ccccc23)N1. The number of rotatable bonds is 1. The van der Waals surface area contributed by atoms with Crippen LogP contribution in [0.15, 0.2) is 30.5 Å². The Kier molecular flexibility index (Phi) is 2.42. The predicted molar refractivity (Wildman–Crippen MR) is 64.5 cm³/mol. The van der Waals surface area contributed by atoms with Gasteiger partial charge in [0.2, 0.25) is 0 Å². The number of ether oxygens (including phenoxy) is 1. The van der Waals surface area contributed by atoms with Crippen LogP contribution in [-0.4, -0.2) is 24.2 Å². The zero-order valence-corrected chi connectivity index (χ0v) is 9.36. The van der Waals surface area contributed by atoms with E-state index in [9.17, 15) is 0 Å². The molecule has 2 unspecified atom stereocenters. The second kappa shape index (κ2) is 3.92. The van der Waals surface area contributed by atoms with Crippen LogP contribution in [0.25, 0.3) is 10.9 Å². The van der Waals surface area contributed by atoms with Gasteiger partial charge in [0, 0.05) is 23.1 Å². The van der Waals surface area contributed by atoms with E-state index in [0.29, 0.717) is 12.1 Å². The molecule has 0 bridgehead atoms. The van der Waals surface area contributed by atoms with Gasteiger partial charge in [-0.05, 0) is 18.6 Å². The predicted octanol–water partition coefficient (Wildman–Crippen LogP) is 2.22. The van der Waals surface area contributed by atoms with Gasteiger partial charge in [0.1, 0.15) is 0 Å². The monoisotopic (exact) mass is 216 g/mol. The van der Waals surface area contributed by atoms with Crippen LogP contribution < -0.4 is 5.32 Å². The molecule has 0 spiro atoms. The van der Waals surface area contributed by atoms with Crippen molar-refractivity contribution in [2.24, 2.45) is 0 Å².